The van der Waals surface area contributed by atoms with Gasteiger partial charge in [0.1, 0.15) is 6.04 Å². The third kappa shape index (κ3) is 3.38. The van der Waals surface area contributed by atoms with Crippen molar-refractivity contribution in [2.24, 2.45) is 5.73 Å². The minimum absolute atomic E-state index is 0.0984. The van der Waals surface area contributed by atoms with Crippen molar-refractivity contribution in [1.29, 1.82) is 0 Å². The van der Waals surface area contributed by atoms with Crippen LogP contribution in [0.4, 0.5) is 5.69 Å². The third-order valence-electron chi connectivity index (χ3n) is 3.40. The highest BCUT2D eigenvalue weighted by Crippen LogP contribution is 2.17. The fourth-order valence-electron chi connectivity index (χ4n) is 2.15. The van der Waals surface area contributed by atoms with E-state index in [2.05, 4.69) is 5.32 Å². The Labute approximate surface area is 123 Å². The molecule has 3 N–H and O–H groups in total. The second-order valence-corrected chi connectivity index (χ2v) is 4.87. The lowest BCUT2D eigenvalue weighted by molar-refractivity contribution is -0.117. The number of benzene rings is 1. The molecule has 0 bridgehead atoms. The van der Waals surface area contributed by atoms with Gasteiger partial charge < -0.3 is 15.6 Å². The number of anilines is 1. The van der Waals surface area contributed by atoms with Crippen LogP contribution in [-0.2, 0) is 11.3 Å². The van der Waals surface area contributed by atoms with Gasteiger partial charge >= 0.3 is 0 Å². The number of pyridine rings is 1. The van der Waals surface area contributed by atoms with Gasteiger partial charge in [-0.1, -0.05) is 24.3 Å². The molecule has 2 aromatic rings. The standard InChI is InChI=1S/C16H19N3O2/c1-3-19-10-12(8-9-14(19)20)18-16(21)15(17)13-7-5-4-6-11(13)2/h4-10,15H,3,17H2,1-2H3,(H,18,21). The zero-order valence-electron chi connectivity index (χ0n) is 12.2. The van der Waals surface area contributed by atoms with Crippen LogP contribution in [0.2, 0.25) is 0 Å². The SMILES string of the molecule is CCn1cc(NC(=O)C(N)c2ccccc2C)ccc1=O. The molecular weight excluding hydrogens is 266 g/mol. The van der Waals surface area contributed by atoms with Gasteiger partial charge in [-0.05, 0) is 31.0 Å². The van der Waals surface area contributed by atoms with E-state index >= 15 is 0 Å². The molecule has 0 aliphatic rings. The molecular formula is C16H19N3O2. The number of aryl methyl sites for hydroxylation is 2. The molecule has 1 atom stereocenters. The molecule has 1 amide bonds. The molecule has 21 heavy (non-hydrogen) atoms. The number of nitrogens with zero attached hydrogens (tertiary/aromatic N) is 1. The van der Waals surface area contributed by atoms with Crippen LogP contribution in [0.25, 0.3) is 0 Å². The van der Waals surface area contributed by atoms with Crippen LogP contribution < -0.4 is 16.6 Å². The summed E-state index contributed by atoms with van der Waals surface area (Å²) < 4.78 is 1.52. The summed E-state index contributed by atoms with van der Waals surface area (Å²) in [4.78, 5) is 23.7. The Morgan fingerprint density at radius 1 is 1.29 bits per heavy atom. The summed E-state index contributed by atoms with van der Waals surface area (Å²) in [7, 11) is 0. The molecule has 5 nitrogen and oxygen atoms in total. The fraction of sp³-hybridized carbons (Fsp3) is 0.250. The number of aromatic nitrogens is 1. The number of hydrogen-bond acceptors (Lipinski definition) is 3. The molecule has 1 aromatic heterocycles. The lowest BCUT2D eigenvalue weighted by Crippen LogP contribution is -2.29. The first-order valence-electron chi connectivity index (χ1n) is 6.85. The summed E-state index contributed by atoms with van der Waals surface area (Å²) in [6.07, 6.45) is 1.62. The van der Waals surface area contributed by atoms with Crippen LogP contribution in [0.5, 0.6) is 0 Å². The average molecular weight is 285 g/mol. The summed E-state index contributed by atoms with van der Waals surface area (Å²) in [5.74, 6) is -0.300. The molecule has 1 aromatic carbocycles. The van der Waals surface area contributed by atoms with Crippen molar-refractivity contribution in [3.8, 4) is 0 Å². The smallest absolute Gasteiger partial charge is 0.250 e. The van der Waals surface area contributed by atoms with Crippen molar-refractivity contribution in [1.82, 2.24) is 4.57 Å². The van der Waals surface area contributed by atoms with Gasteiger partial charge in [0, 0.05) is 18.8 Å². The van der Waals surface area contributed by atoms with Crippen molar-refractivity contribution < 1.29 is 4.79 Å². The van der Waals surface area contributed by atoms with Gasteiger partial charge in [0.25, 0.3) is 5.56 Å². The minimum Gasteiger partial charge on any atom is -0.323 e. The van der Waals surface area contributed by atoms with Crippen LogP contribution in [-0.4, -0.2) is 10.5 Å². The molecule has 0 spiro atoms. The molecule has 5 heteroatoms. The van der Waals surface area contributed by atoms with Gasteiger partial charge in [-0.2, -0.15) is 0 Å². The summed E-state index contributed by atoms with van der Waals surface area (Å²) in [6.45, 7) is 4.33. The van der Waals surface area contributed by atoms with Crippen LogP contribution in [0.3, 0.4) is 0 Å². The van der Waals surface area contributed by atoms with Crippen molar-refractivity contribution in [2.75, 3.05) is 5.32 Å². The van der Waals surface area contributed by atoms with E-state index in [-0.39, 0.29) is 11.5 Å². The molecule has 0 aliphatic carbocycles. The fourth-order valence-corrected chi connectivity index (χ4v) is 2.15. The maximum atomic E-state index is 12.2. The van der Waals surface area contributed by atoms with Gasteiger partial charge in [-0.15, -0.1) is 0 Å². The Balaban J connectivity index is 2.18. The topological polar surface area (TPSA) is 77.1 Å². The lowest BCUT2D eigenvalue weighted by Gasteiger charge is -2.15. The molecule has 0 saturated carbocycles. The zero-order valence-corrected chi connectivity index (χ0v) is 12.2. The van der Waals surface area contributed by atoms with Gasteiger partial charge in [-0.25, -0.2) is 0 Å². The molecule has 1 unspecified atom stereocenters. The number of carbonyl (C=O) groups is 1. The van der Waals surface area contributed by atoms with Gasteiger partial charge in [0.15, 0.2) is 0 Å². The van der Waals surface area contributed by atoms with E-state index < -0.39 is 6.04 Å². The van der Waals surface area contributed by atoms with E-state index in [1.807, 2.05) is 38.1 Å². The van der Waals surface area contributed by atoms with Crippen LogP contribution >= 0.6 is 0 Å². The molecule has 0 aliphatic heterocycles. The highest BCUT2D eigenvalue weighted by atomic mass is 16.2. The van der Waals surface area contributed by atoms with Crippen LogP contribution in [0.1, 0.15) is 24.1 Å². The predicted molar refractivity (Wildman–Crippen MR) is 83.1 cm³/mol. The summed E-state index contributed by atoms with van der Waals surface area (Å²) >= 11 is 0. The van der Waals surface area contributed by atoms with Crippen molar-refractivity contribution in [3.63, 3.8) is 0 Å². The lowest BCUT2D eigenvalue weighted by atomic mass is 10.0. The maximum absolute atomic E-state index is 12.2. The van der Waals surface area contributed by atoms with Crippen molar-refractivity contribution >= 4 is 11.6 Å². The van der Waals surface area contributed by atoms with E-state index in [1.54, 1.807) is 12.3 Å². The summed E-state index contributed by atoms with van der Waals surface area (Å²) in [5.41, 5.74) is 8.23. The van der Waals surface area contributed by atoms with Crippen molar-refractivity contribution in [2.45, 2.75) is 26.4 Å². The van der Waals surface area contributed by atoms with Crippen LogP contribution in [0.15, 0.2) is 47.4 Å². The number of amides is 1. The van der Waals surface area contributed by atoms with Crippen LogP contribution in [0, 0.1) is 6.92 Å². The first-order chi connectivity index (χ1) is 10.0. The molecule has 0 saturated heterocycles. The molecule has 0 radical (unpaired) electrons. The Kier molecular flexibility index (Phi) is 4.55. The number of nitrogens with two attached hydrogens (primary N) is 1. The normalized spacial score (nSPS) is 12.0. The Hall–Kier alpha value is -2.40. The largest absolute Gasteiger partial charge is 0.323 e. The van der Waals surface area contributed by atoms with Gasteiger partial charge in [-0.3, -0.25) is 9.59 Å². The Morgan fingerprint density at radius 2 is 2.00 bits per heavy atom. The number of nitrogens with one attached hydrogen (secondary N) is 1. The van der Waals surface area contributed by atoms with E-state index in [4.69, 9.17) is 5.73 Å². The summed E-state index contributed by atoms with van der Waals surface area (Å²) in [6, 6.07) is 9.78. The maximum Gasteiger partial charge on any atom is 0.250 e. The Morgan fingerprint density at radius 3 is 2.67 bits per heavy atom. The van der Waals surface area contributed by atoms with E-state index in [0.29, 0.717) is 12.2 Å². The number of hydrogen-bond donors (Lipinski definition) is 2. The Bertz CT molecular complexity index is 707. The predicted octanol–water partition coefficient (Wildman–Crippen LogP) is 1.82. The highest BCUT2D eigenvalue weighted by Gasteiger charge is 2.17. The molecule has 110 valence electrons. The van der Waals surface area contributed by atoms with Gasteiger partial charge in [0.05, 0.1) is 5.69 Å². The first-order valence-corrected chi connectivity index (χ1v) is 6.85. The van der Waals surface area contributed by atoms with E-state index in [1.165, 1.54) is 10.6 Å². The quantitative estimate of drug-likeness (QED) is 0.899. The second-order valence-electron chi connectivity index (χ2n) is 4.87. The highest BCUT2D eigenvalue weighted by molar-refractivity contribution is 5.95. The molecule has 0 fully saturated rings. The zero-order chi connectivity index (χ0) is 15.4. The molecule has 1 heterocycles. The van der Waals surface area contributed by atoms with E-state index in [0.717, 1.165) is 11.1 Å². The minimum atomic E-state index is -0.742. The summed E-state index contributed by atoms with van der Waals surface area (Å²) in [5, 5.41) is 2.75. The second kappa shape index (κ2) is 6.37. The monoisotopic (exact) mass is 285 g/mol. The number of rotatable bonds is 4. The molecule has 2 rings (SSSR count). The number of carbonyl (C=O) groups excluding carboxylic acids is 1. The van der Waals surface area contributed by atoms with E-state index in [9.17, 15) is 9.59 Å². The average Bonchev–Trinajstić information content (AvgIpc) is 2.49. The third-order valence-corrected chi connectivity index (χ3v) is 3.40. The van der Waals surface area contributed by atoms with Gasteiger partial charge in [0.2, 0.25) is 5.91 Å². The first kappa shape index (κ1) is 15.0. The van der Waals surface area contributed by atoms with Crippen molar-refractivity contribution in [3.05, 3.63) is 64.1 Å².